The summed E-state index contributed by atoms with van der Waals surface area (Å²) in [6, 6.07) is 2.20. The normalized spacial score (nSPS) is 25.9. The molecule has 0 bridgehead atoms. The fourth-order valence-electron chi connectivity index (χ4n) is 2.71. The van der Waals surface area contributed by atoms with Crippen LogP contribution in [-0.2, 0) is 0 Å². The Hall–Kier alpha value is 0.470. The van der Waals surface area contributed by atoms with Gasteiger partial charge in [0, 0.05) is 14.2 Å². The molecular formula is C13H18BrClS. The van der Waals surface area contributed by atoms with Crippen molar-refractivity contribution >= 4 is 38.9 Å². The molecule has 16 heavy (non-hydrogen) atoms. The predicted molar refractivity (Wildman–Crippen MR) is 76.5 cm³/mol. The Balaban J connectivity index is 2.22. The van der Waals surface area contributed by atoms with Gasteiger partial charge in [-0.15, -0.1) is 22.9 Å². The molecule has 0 nitrogen and oxygen atoms in total. The van der Waals surface area contributed by atoms with Gasteiger partial charge in [0.05, 0.1) is 5.38 Å². The molecule has 1 fully saturated rings. The molecule has 90 valence electrons. The second-order valence-electron chi connectivity index (χ2n) is 5.44. The first-order valence-electron chi connectivity index (χ1n) is 5.82. The van der Waals surface area contributed by atoms with E-state index in [1.54, 1.807) is 0 Å². The molecule has 0 radical (unpaired) electrons. The summed E-state index contributed by atoms with van der Waals surface area (Å²) in [5.74, 6) is 0.624. The van der Waals surface area contributed by atoms with Crippen LogP contribution in [0.1, 0.15) is 48.2 Å². The van der Waals surface area contributed by atoms with Crippen LogP contribution < -0.4 is 0 Å². The summed E-state index contributed by atoms with van der Waals surface area (Å²) in [5.41, 5.74) is 0.400. The number of rotatable bonds is 2. The number of halogens is 2. The first-order chi connectivity index (χ1) is 7.42. The fraction of sp³-hybridized carbons (Fsp3) is 0.692. The molecule has 0 aromatic carbocycles. The molecule has 1 heterocycles. The summed E-state index contributed by atoms with van der Waals surface area (Å²) in [6.07, 6.45) is 3.91. The molecule has 0 N–H and O–H groups in total. The molecule has 1 aromatic rings. The molecule has 0 spiro atoms. The van der Waals surface area contributed by atoms with Crippen LogP contribution in [0, 0.1) is 18.3 Å². The predicted octanol–water partition coefficient (Wildman–Crippen LogP) is 5.93. The average Bonchev–Trinajstić information content (AvgIpc) is 2.70. The van der Waals surface area contributed by atoms with Gasteiger partial charge in [0.2, 0.25) is 0 Å². The summed E-state index contributed by atoms with van der Waals surface area (Å²) in [6.45, 7) is 6.85. The quantitative estimate of drug-likeness (QED) is 0.593. The number of thiophene rings is 1. The van der Waals surface area contributed by atoms with Crippen molar-refractivity contribution < 1.29 is 0 Å². The lowest BCUT2D eigenvalue weighted by Crippen LogP contribution is -2.21. The largest absolute Gasteiger partial charge is 0.143 e. The van der Waals surface area contributed by atoms with E-state index in [0.29, 0.717) is 11.3 Å². The van der Waals surface area contributed by atoms with E-state index in [0.717, 1.165) is 0 Å². The molecule has 1 aliphatic carbocycles. The highest BCUT2D eigenvalue weighted by atomic mass is 79.9. The van der Waals surface area contributed by atoms with E-state index in [-0.39, 0.29) is 5.38 Å². The van der Waals surface area contributed by atoms with Gasteiger partial charge in [-0.1, -0.05) is 20.3 Å². The van der Waals surface area contributed by atoms with Crippen LogP contribution in [0.4, 0.5) is 0 Å². The standard InChI is InChI=1S/C13H18BrClS/c1-8-10(14)7-11(16-8)12(15)9-5-4-6-13(9,2)3/h7,9,12H,4-6H2,1-3H3. The fourth-order valence-corrected chi connectivity index (χ4v) is 4.98. The Morgan fingerprint density at radius 3 is 2.69 bits per heavy atom. The highest BCUT2D eigenvalue weighted by molar-refractivity contribution is 9.10. The molecule has 0 saturated heterocycles. The van der Waals surface area contributed by atoms with Gasteiger partial charge in [0.25, 0.3) is 0 Å². The highest BCUT2D eigenvalue weighted by Crippen LogP contribution is 2.52. The van der Waals surface area contributed by atoms with Gasteiger partial charge < -0.3 is 0 Å². The van der Waals surface area contributed by atoms with E-state index >= 15 is 0 Å². The summed E-state index contributed by atoms with van der Waals surface area (Å²) in [7, 11) is 0. The zero-order valence-electron chi connectivity index (χ0n) is 10.0. The molecular weight excluding hydrogens is 304 g/mol. The van der Waals surface area contributed by atoms with Crippen molar-refractivity contribution in [1.29, 1.82) is 0 Å². The zero-order valence-corrected chi connectivity index (χ0v) is 13.2. The molecule has 0 amide bonds. The van der Waals surface area contributed by atoms with Gasteiger partial charge in [-0.2, -0.15) is 0 Å². The van der Waals surface area contributed by atoms with Crippen molar-refractivity contribution in [2.45, 2.75) is 45.4 Å². The van der Waals surface area contributed by atoms with Crippen molar-refractivity contribution in [3.05, 3.63) is 20.3 Å². The molecule has 1 saturated carbocycles. The van der Waals surface area contributed by atoms with Crippen molar-refractivity contribution in [2.24, 2.45) is 11.3 Å². The topological polar surface area (TPSA) is 0 Å². The molecule has 0 aliphatic heterocycles. The van der Waals surface area contributed by atoms with E-state index in [1.165, 1.54) is 33.5 Å². The molecule has 2 unspecified atom stereocenters. The number of hydrogen-bond acceptors (Lipinski definition) is 1. The molecule has 2 rings (SSSR count). The van der Waals surface area contributed by atoms with Gasteiger partial charge >= 0.3 is 0 Å². The van der Waals surface area contributed by atoms with E-state index in [1.807, 2.05) is 11.3 Å². The van der Waals surface area contributed by atoms with Crippen molar-refractivity contribution in [2.75, 3.05) is 0 Å². The van der Waals surface area contributed by atoms with Crippen LogP contribution >= 0.6 is 38.9 Å². The summed E-state index contributed by atoms with van der Waals surface area (Å²) in [5, 5.41) is 0.188. The lowest BCUT2D eigenvalue weighted by molar-refractivity contribution is 0.253. The lowest BCUT2D eigenvalue weighted by Gasteiger charge is -2.30. The van der Waals surface area contributed by atoms with E-state index in [2.05, 4.69) is 42.8 Å². The van der Waals surface area contributed by atoms with Crippen molar-refractivity contribution in [1.82, 2.24) is 0 Å². The lowest BCUT2D eigenvalue weighted by atomic mass is 9.79. The van der Waals surface area contributed by atoms with Crippen LogP contribution in [0.5, 0.6) is 0 Å². The first-order valence-corrected chi connectivity index (χ1v) is 7.86. The van der Waals surface area contributed by atoms with Gasteiger partial charge in [-0.3, -0.25) is 0 Å². The van der Waals surface area contributed by atoms with E-state index in [4.69, 9.17) is 11.6 Å². The minimum atomic E-state index is 0.188. The maximum atomic E-state index is 6.67. The first kappa shape index (κ1) is 12.9. The molecule has 1 aliphatic rings. The second kappa shape index (κ2) is 4.62. The van der Waals surface area contributed by atoms with Crippen LogP contribution in [0.2, 0.25) is 0 Å². The Kier molecular flexibility index (Phi) is 3.73. The summed E-state index contributed by atoms with van der Waals surface area (Å²) < 4.78 is 1.20. The van der Waals surface area contributed by atoms with Crippen LogP contribution in [0.25, 0.3) is 0 Å². The monoisotopic (exact) mass is 320 g/mol. The minimum absolute atomic E-state index is 0.188. The Bertz CT molecular complexity index is 364. The third-order valence-electron chi connectivity index (χ3n) is 3.84. The molecule has 3 heteroatoms. The molecule has 1 aromatic heterocycles. The van der Waals surface area contributed by atoms with Gasteiger partial charge in [-0.25, -0.2) is 0 Å². The van der Waals surface area contributed by atoms with Crippen LogP contribution in [0.15, 0.2) is 10.5 Å². The van der Waals surface area contributed by atoms with Crippen LogP contribution in [0.3, 0.4) is 0 Å². The van der Waals surface area contributed by atoms with Crippen LogP contribution in [-0.4, -0.2) is 0 Å². The average molecular weight is 322 g/mol. The SMILES string of the molecule is Cc1sc(C(Cl)C2CCCC2(C)C)cc1Br. The molecule has 2 atom stereocenters. The number of aryl methyl sites for hydroxylation is 1. The Morgan fingerprint density at radius 2 is 2.25 bits per heavy atom. The highest BCUT2D eigenvalue weighted by Gasteiger charge is 2.39. The van der Waals surface area contributed by atoms with E-state index in [9.17, 15) is 0 Å². The van der Waals surface area contributed by atoms with Gasteiger partial charge in [0.15, 0.2) is 0 Å². The Morgan fingerprint density at radius 1 is 1.56 bits per heavy atom. The third kappa shape index (κ3) is 2.34. The van der Waals surface area contributed by atoms with E-state index < -0.39 is 0 Å². The Labute approximate surface area is 116 Å². The van der Waals surface area contributed by atoms with Gasteiger partial charge in [0.1, 0.15) is 0 Å². The minimum Gasteiger partial charge on any atom is -0.143 e. The maximum absolute atomic E-state index is 6.67. The van der Waals surface area contributed by atoms with Crippen molar-refractivity contribution in [3.63, 3.8) is 0 Å². The zero-order chi connectivity index (χ0) is 11.9. The van der Waals surface area contributed by atoms with Gasteiger partial charge in [-0.05, 0) is 53.1 Å². The smallest absolute Gasteiger partial charge is 0.0712 e. The number of alkyl halides is 1. The number of hydrogen-bond donors (Lipinski definition) is 0. The maximum Gasteiger partial charge on any atom is 0.0712 e. The second-order valence-corrected chi connectivity index (χ2v) is 8.05. The third-order valence-corrected chi connectivity index (χ3v) is 6.73. The van der Waals surface area contributed by atoms with Crippen molar-refractivity contribution in [3.8, 4) is 0 Å². The summed E-state index contributed by atoms with van der Waals surface area (Å²) >= 11 is 12.1. The summed E-state index contributed by atoms with van der Waals surface area (Å²) in [4.78, 5) is 2.66.